The highest BCUT2D eigenvalue weighted by Gasteiger charge is 2.15. The second-order valence-corrected chi connectivity index (χ2v) is 6.77. The third-order valence-corrected chi connectivity index (χ3v) is 4.65. The van der Waals surface area contributed by atoms with Gasteiger partial charge in [0, 0.05) is 18.0 Å². The van der Waals surface area contributed by atoms with Crippen LogP contribution in [0.15, 0.2) is 59.6 Å². The van der Waals surface area contributed by atoms with Crippen LogP contribution in [0.3, 0.4) is 0 Å². The lowest BCUT2D eigenvalue weighted by Gasteiger charge is -2.08. The van der Waals surface area contributed by atoms with Crippen LogP contribution < -0.4 is 0 Å². The molecule has 0 saturated heterocycles. The van der Waals surface area contributed by atoms with Gasteiger partial charge in [-0.05, 0) is 51.3 Å². The maximum absolute atomic E-state index is 13.6. The first kappa shape index (κ1) is 17.7. The molecule has 0 aliphatic heterocycles. The molecule has 4 aromatic rings. The number of halogens is 4. The summed E-state index contributed by atoms with van der Waals surface area (Å²) in [5, 5.41) is 4.34. The van der Waals surface area contributed by atoms with Gasteiger partial charge in [0.05, 0.1) is 23.8 Å². The van der Waals surface area contributed by atoms with Gasteiger partial charge in [-0.1, -0.05) is 12.1 Å². The fourth-order valence-electron chi connectivity index (χ4n) is 2.80. The van der Waals surface area contributed by atoms with Crippen molar-refractivity contribution in [1.29, 1.82) is 0 Å². The van der Waals surface area contributed by atoms with Crippen LogP contribution in [0.25, 0.3) is 22.2 Å². The molecule has 0 bridgehead atoms. The highest BCUT2D eigenvalue weighted by molar-refractivity contribution is 9.10. The molecule has 0 radical (unpaired) electrons. The van der Waals surface area contributed by atoms with Crippen molar-refractivity contribution >= 4 is 27.0 Å². The monoisotopic (exact) mass is 432 g/mol. The van der Waals surface area contributed by atoms with Gasteiger partial charge < -0.3 is 0 Å². The zero-order valence-electron chi connectivity index (χ0n) is 13.8. The number of fused-ring (bicyclic) bond motifs is 1. The fourth-order valence-corrected chi connectivity index (χ4v) is 3.04. The highest BCUT2D eigenvalue weighted by Crippen LogP contribution is 2.29. The Kier molecular flexibility index (Phi) is 4.65. The summed E-state index contributed by atoms with van der Waals surface area (Å²) in [5.41, 5.74) is 2.84. The Morgan fingerprint density at radius 2 is 1.81 bits per heavy atom. The van der Waals surface area contributed by atoms with Crippen molar-refractivity contribution in [2.24, 2.45) is 0 Å². The second-order valence-electron chi connectivity index (χ2n) is 5.96. The normalized spacial score (nSPS) is 11.4. The summed E-state index contributed by atoms with van der Waals surface area (Å²) in [5.74, 6) is -0.921. The van der Waals surface area contributed by atoms with E-state index >= 15 is 0 Å². The van der Waals surface area contributed by atoms with E-state index in [-0.39, 0.29) is 0 Å². The van der Waals surface area contributed by atoms with Crippen molar-refractivity contribution in [2.45, 2.75) is 13.0 Å². The summed E-state index contributed by atoms with van der Waals surface area (Å²) in [6, 6.07) is 9.24. The first-order chi connectivity index (χ1) is 13.0. The minimum atomic E-state index is -2.88. The van der Waals surface area contributed by atoms with Crippen LogP contribution in [-0.2, 0) is 6.54 Å². The average molecular weight is 433 g/mol. The molecule has 4 rings (SSSR count). The van der Waals surface area contributed by atoms with Crippen molar-refractivity contribution in [2.75, 3.05) is 0 Å². The van der Waals surface area contributed by atoms with E-state index in [1.807, 2.05) is 18.2 Å². The fraction of sp³-hybridized carbons (Fsp3) is 0.105. The van der Waals surface area contributed by atoms with E-state index in [0.717, 1.165) is 27.8 Å². The van der Waals surface area contributed by atoms with Crippen LogP contribution in [0.4, 0.5) is 13.2 Å². The molecule has 136 valence electrons. The van der Waals surface area contributed by atoms with E-state index in [0.29, 0.717) is 23.2 Å². The minimum Gasteiger partial charge on any atom is -0.259 e. The smallest absolute Gasteiger partial charge is 0.259 e. The van der Waals surface area contributed by atoms with Crippen LogP contribution >= 0.6 is 15.9 Å². The second kappa shape index (κ2) is 7.11. The topological polar surface area (TPSA) is 43.6 Å². The van der Waals surface area contributed by atoms with E-state index in [4.69, 9.17) is 0 Å². The number of hydrogen-bond acceptors (Lipinski definition) is 3. The van der Waals surface area contributed by atoms with Gasteiger partial charge in [0.15, 0.2) is 0 Å². The zero-order chi connectivity index (χ0) is 19.0. The summed E-state index contributed by atoms with van der Waals surface area (Å²) in [7, 11) is 0. The number of pyridine rings is 2. The molecule has 0 fully saturated rings. The molecule has 4 nitrogen and oxygen atoms in total. The number of benzene rings is 1. The van der Waals surface area contributed by atoms with E-state index in [2.05, 4.69) is 31.0 Å². The Morgan fingerprint density at radius 3 is 2.56 bits per heavy atom. The molecule has 0 spiro atoms. The lowest BCUT2D eigenvalue weighted by molar-refractivity contribution is 0.146. The molecule has 0 aliphatic rings. The molecular formula is C19H12BrF3N4. The van der Waals surface area contributed by atoms with Crippen LogP contribution in [-0.4, -0.2) is 19.7 Å². The molecule has 8 heteroatoms. The van der Waals surface area contributed by atoms with Gasteiger partial charge in [-0.25, -0.2) is 18.2 Å². The molecule has 0 N–H and O–H groups in total. The van der Waals surface area contributed by atoms with E-state index in [1.54, 1.807) is 23.3 Å². The number of alkyl halides is 2. The molecule has 0 amide bonds. The van der Waals surface area contributed by atoms with Gasteiger partial charge in [-0.3, -0.25) is 9.67 Å². The summed E-state index contributed by atoms with van der Waals surface area (Å²) < 4.78 is 42.0. The average Bonchev–Trinajstić information content (AvgIpc) is 3.06. The Morgan fingerprint density at radius 1 is 0.963 bits per heavy atom. The minimum absolute atomic E-state index is 0.471. The zero-order valence-corrected chi connectivity index (χ0v) is 15.4. The molecule has 0 unspecified atom stereocenters. The lowest BCUT2D eigenvalue weighted by atomic mass is 10.0. The van der Waals surface area contributed by atoms with Gasteiger partial charge in [0.1, 0.15) is 15.9 Å². The summed E-state index contributed by atoms with van der Waals surface area (Å²) in [6.45, 7) is 0.487. The largest absolute Gasteiger partial charge is 0.266 e. The summed E-state index contributed by atoms with van der Waals surface area (Å²) >= 11 is 3.30. The standard InChI is InChI=1S/C19H12BrF3N4/c20-18-4-1-11(7-25-18)10-27-17-6-13(8-24-16(17)9-26-27)12-2-3-15(21)14(5-12)19(22)23/h1-9,19H,10H2. The van der Waals surface area contributed by atoms with Gasteiger partial charge in [-0.15, -0.1) is 0 Å². The third-order valence-electron chi connectivity index (χ3n) is 4.18. The van der Waals surface area contributed by atoms with E-state index in [1.165, 1.54) is 6.07 Å². The van der Waals surface area contributed by atoms with Crippen LogP contribution in [0.5, 0.6) is 0 Å². The number of aromatic nitrogens is 4. The number of hydrogen-bond donors (Lipinski definition) is 0. The van der Waals surface area contributed by atoms with Gasteiger partial charge in [0.2, 0.25) is 0 Å². The maximum Gasteiger partial charge on any atom is 0.266 e. The van der Waals surface area contributed by atoms with Crippen molar-refractivity contribution in [3.63, 3.8) is 0 Å². The summed E-state index contributed by atoms with van der Waals surface area (Å²) in [4.78, 5) is 8.54. The van der Waals surface area contributed by atoms with Crippen molar-refractivity contribution in [3.8, 4) is 11.1 Å². The van der Waals surface area contributed by atoms with Crippen LogP contribution in [0, 0.1) is 5.82 Å². The summed E-state index contributed by atoms with van der Waals surface area (Å²) in [6.07, 6.45) is 2.07. The van der Waals surface area contributed by atoms with Gasteiger partial charge >= 0.3 is 0 Å². The van der Waals surface area contributed by atoms with Crippen molar-refractivity contribution < 1.29 is 13.2 Å². The molecule has 0 aliphatic carbocycles. The van der Waals surface area contributed by atoms with E-state index < -0.39 is 17.8 Å². The highest BCUT2D eigenvalue weighted by atomic mass is 79.9. The quantitative estimate of drug-likeness (QED) is 0.406. The molecule has 3 heterocycles. The SMILES string of the molecule is Fc1ccc(-c2cnc3cnn(Cc4ccc(Br)nc4)c3c2)cc1C(F)F. The lowest BCUT2D eigenvalue weighted by Crippen LogP contribution is -2.02. The Bertz CT molecular complexity index is 1110. The predicted octanol–water partition coefficient (Wildman–Crippen LogP) is 5.38. The molecule has 27 heavy (non-hydrogen) atoms. The molecular weight excluding hydrogens is 421 g/mol. The molecule has 0 saturated carbocycles. The number of rotatable bonds is 4. The Balaban J connectivity index is 1.74. The van der Waals surface area contributed by atoms with Gasteiger partial charge in [-0.2, -0.15) is 5.10 Å². The first-order valence-electron chi connectivity index (χ1n) is 8.01. The maximum atomic E-state index is 13.6. The molecule has 1 aromatic carbocycles. The van der Waals surface area contributed by atoms with Crippen molar-refractivity contribution in [3.05, 3.63) is 76.5 Å². The van der Waals surface area contributed by atoms with Gasteiger partial charge in [0.25, 0.3) is 6.43 Å². The number of nitrogens with zero attached hydrogens (tertiary/aromatic N) is 4. The molecule has 3 aromatic heterocycles. The van der Waals surface area contributed by atoms with Crippen LogP contribution in [0.1, 0.15) is 17.6 Å². The third kappa shape index (κ3) is 3.57. The first-order valence-corrected chi connectivity index (χ1v) is 8.80. The molecule has 0 atom stereocenters. The van der Waals surface area contributed by atoms with Crippen LogP contribution in [0.2, 0.25) is 0 Å². The Labute approximate surface area is 160 Å². The van der Waals surface area contributed by atoms with E-state index in [9.17, 15) is 13.2 Å². The predicted molar refractivity (Wildman–Crippen MR) is 98.9 cm³/mol. The van der Waals surface area contributed by atoms with Crippen molar-refractivity contribution in [1.82, 2.24) is 19.7 Å². The Hall–Kier alpha value is -2.74.